The molecule has 0 radical (unpaired) electrons. The van der Waals surface area contributed by atoms with Gasteiger partial charge in [0.25, 0.3) is 5.91 Å². The predicted octanol–water partition coefficient (Wildman–Crippen LogP) is 3.54. The molecule has 1 aromatic heterocycles. The summed E-state index contributed by atoms with van der Waals surface area (Å²) in [6.45, 7) is 2.03. The van der Waals surface area contributed by atoms with E-state index in [-0.39, 0.29) is 23.2 Å². The molecule has 0 saturated carbocycles. The van der Waals surface area contributed by atoms with E-state index < -0.39 is 5.82 Å². The highest BCUT2D eigenvalue weighted by Crippen LogP contribution is 2.26. The normalized spacial score (nSPS) is 17.3. The number of benzene rings is 1. The SMILES string of the molecule is COC[C@@H]1CCCN(C(=O)c2cc(COc3ccc(F)cc3Cl)on2)C1. The van der Waals surface area contributed by atoms with Crippen molar-refractivity contribution in [1.29, 1.82) is 0 Å². The van der Waals surface area contributed by atoms with Gasteiger partial charge < -0.3 is 18.9 Å². The van der Waals surface area contributed by atoms with Gasteiger partial charge in [0.1, 0.15) is 18.2 Å². The average Bonchev–Trinajstić information content (AvgIpc) is 3.10. The molecule has 8 heteroatoms. The molecule has 1 aromatic carbocycles. The lowest BCUT2D eigenvalue weighted by molar-refractivity contribution is 0.0561. The number of methoxy groups -OCH3 is 1. The van der Waals surface area contributed by atoms with Crippen LogP contribution in [0.15, 0.2) is 28.8 Å². The van der Waals surface area contributed by atoms with Gasteiger partial charge in [-0.3, -0.25) is 4.79 Å². The van der Waals surface area contributed by atoms with Crippen LogP contribution in [-0.2, 0) is 11.3 Å². The Morgan fingerprint density at radius 1 is 1.46 bits per heavy atom. The van der Waals surface area contributed by atoms with Crippen molar-refractivity contribution in [2.24, 2.45) is 5.92 Å². The Hall–Kier alpha value is -2.12. The first kappa shape index (κ1) is 18.7. The second-order valence-corrected chi connectivity index (χ2v) is 6.66. The molecule has 1 aliphatic heterocycles. The minimum absolute atomic E-state index is 0.0396. The maximum absolute atomic E-state index is 13.0. The molecule has 1 aliphatic rings. The van der Waals surface area contributed by atoms with E-state index in [4.69, 9.17) is 25.6 Å². The van der Waals surface area contributed by atoms with Crippen LogP contribution in [-0.4, -0.2) is 42.8 Å². The van der Waals surface area contributed by atoms with Crippen molar-refractivity contribution >= 4 is 17.5 Å². The summed E-state index contributed by atoms with van der Waals surface area (Å²) in [5.74, 6) is 0.451. The number of halogens is 2. The monoisotopic (exact) mass is 382 g/mol. The number of amides is 1. The van der Waals surface area contributed by atoms with Gasteiger partial charge in [-0.15, -0.1) is 0 Å². The number of likely N-dealkylation sites (tertiary alicyclic amines) is 1. The molecule has 0 aliphatic carbocycles. The highest BCUT2D eigenvalue weighted by Gasteiger charge is 2.26. The van der Waals surface area contributed by atoms with E-state index in [9.17, 15) is 9.18 Å². The predicted molar refractivity (Wildman–Crippen MR) is 92.7 cm³/mol. The molecule has 0 N–H and O–H groups in total. The lowest BCUT2D eigenvalue weighted by Crippen LogP contribution is -2.41. The Kier molecular flexibility index (Phi) is 6.11. The summed E-state index contributed by atoms with van der Waals surface area (Å²) in [4.78, 5) is 14.4. The fraction of sp³-hybridized carbons (Fsp3) is 0.444. The van der Waals surface area contributed by atoms with Crippen molar-refractivity contribution in [3.8, 4) is 5.75 Å². The number of ether oxygens (including phenoxy) is 2. The van der Waals surface area contributed by atoms with Gasteiger partial charge in [0, 0.05) is 26.3 Å². The summed E-state index contributed by atoms with van der Waals surface area (Å²) < 4.78 is 28.9. The minimum Gasteiger partial charge on any atom is -0.484 e. The summed E-state index contributed by atoms with van der Waals surface area (Å²) in [5.41, 5.74) is 0.242. The number of aromatic nitrogens is 1. The highest BCUT2D eigenvalue weighted by molar-refractivity contribution is 6.32. The fourth-order valence-corrected chi connectivity index (χ4v) is 3.23. The van der Waals surface area contributed by atoms with Crippen LogP contribution >= 0.6 is 11.6 Å². The van der Waals surface area contributed by atoms with E-state index >= 15 is 0 Å². The Labute approximate surface area is 155 Å². The maximum atomic E-state index is 13.0. The van der Waals surface area contributed by atoms with E-state index in [1.54, 1.807) is 18.1 Å². The van der Waals surface area contributed by atoms with Crippen LogP contribution < -0.4 is 4.74 Å². The molecule has 1 atom stereocenters. The number of carbonyl (C=O) groups is 1. The van der Waals surface area contributed by atoms with Crippen molar-refractivity contribution in [1.82, 2.24) is 10.1 Å². The Morgan fingerprint density at radius 3 is 3.08 bits per heavy atom. The topological polar surface area (TPSA) is 64.8 Å². The van der Waals surface area contributed by atoms with Gasteiger partial charge in [0.05, 0.1) is 11.6 Å². The van der Waals surface area contributed by atoms with Gasteiger partial charge in [0.15, 0.2) is 11.5 Å². The third-order valence-corrected chi connectivity index (χ3v) is 4.55. The second kappa shape index (κ2) is 8.51. The number of piperidine rings is 1. The molecular formula is C18H20ClFN2O4. The lowest BCUT2D eigenvalue weighted by atomic mass is 9.99. The van der Waals surface area contributed by atoms with Gasteiger partial charge in [-0.05, 0) is 37.0 Å². The molecule has 2 aromatic rings. The lowest BCUT2D eigenvalue weighted by Gasteiger charge is -2.31. The van der Waals surface area contributed by atoms with Crippen molar-refractivity contribution < 1.29 is 23.2 Å². The largest absolute Gasteiger partial charge is 0.484 e. The Bertz CT molecular complexity index is 765. The molecule has 2 heterocycles. The van der Waals surface area contributed by atoms with Crippen molar-refractivity contribution in [2.45, 2.75) is 19.4 Å². The van der Waals surface area contributed by atoms with Crippen LogP contribution in [0.5, 0.6) is 5.75 Å². The van der Waals surface area contributed by atoms with Gasteiger partial charge in [-0.2, -0.15) is 0 Å². The van der Waals surface area contributed by atoms with E-state index in [1.807, 2.05) is 0 Å². The number of nitrogens with zero attached hydrogens (tertiary/aromatic N) is 2. The number of hydrogen-bond donors (Lipinski definition) is 0. The van der Waals surface area contributed by atoms with Crippen LogP contribution in [0.4, 0.5) is 4.39 Å². The molecular weight excluding hydrogens is 363 g/mol. The van der Waals surface area contributed by atoms with Crippen LogP contribution in [0.3, 0.4) is 0 Å². The van der Waals surface area contributed by atoms with Crippen LogP contribution in [0.2, 0.25) is 5.02 Å². The molecule has 1 saturated heterocycles. The Morgan fingerprint density at radius 2 is 2.31 bits per heavy atom. The first-order valence-corrected chi connectivity index (χ1v) is 8.76. The summed E-state index contributed by atoms with van der Waals surface area (Å²) in [5, 5.41) is 4.01. The summed E-state index contributed by atoms with van der Waals surface area (Å²) >= 11 is 5.91. The standard InChI is InChI=1S/C18H20ClFN2O4/c1-24-10-12-3-2-6-22(9-12)18(23)16-8-14(26-21-16)11-25-17-5-4-13(20)7-15(17)19/h4-5,7-8,12H,2-3,6,9-11H2,1H3/t12-/m1/s1. The van der Waals surface area contributed by atoms with E-state index in [0.29, 0.717) is 37.1 Å². The minimum atomic E-state index is -0.441. The van der Waals surface area contributed by atoms with Crippen LogP contribution in [0.1, 0.15) is 29.1 Å². The molecule has 1 amide bonds. The highest BCUT2D eigenvalue weighted by atomic mass is 35.5. The molecule has 0 unspecified atom stereocenters. The zero-order chi connectivity index (χ0) is 18.5. The van der Waals surface area contributed by atoms with Gasteiger partial charge >= 0.3 is 0 Å². The van der Waals surface area contributed by atoms with Crippen molar-refractivity contribution in [3.63, 3.8) is 0 Å². The van der Waals surface area contributed by atoms with E-state index in [1.165, 1.54) is 18.2 Å². The van der Waals surface area contributed by atoms with Gasteiger partial charge in [-0.1, -0.05) is 16.8 Å². The fourth-order valence-electron chi connectivity index (χ4n) is 3.01. The third-order valence-electron chi connectivity index (χ3n) is 4.25. The molecule has 0 bridgehead atoms. The average molecular weight is 383 g/mol. The molecule has 0 spiro atoms. The number of carbonyl (C=O) groups excluding carboxylic acids is 1. The van der Waals surface area contributed by atoms with E-state index in [0.717, 1.165) is 12.8 Å². The number of hydrogen-bond acceptors (Lipinski definition) is 5. The molecule has 140 valence electrons. The zero-order valence-corrected chi connectivity index (χ0v) is 15.2. The van der Waals surface area contributed by atoms with Gasteiger partial charge in [-0.25, -0.2) is 4.39 Å². The quantitative estimate of drug-likeness (QED) is 0.764. The molecule has 1 fully saturated rings. The van der Waals surface area contributed by atoms with Crippen molar-refractivity contribution in [2.75, 3.05) is 26.8 Å². The van der Waals surface area contributed by atoms with Crippen molar-refractivity contribution in [3.05, 3.63) is 46.6 Å². The van der Waals surface area contributed by atoms with Crippen LogP contribution in [0, 0.1) is 11.7 Å². The van der Waals surface area contributed by atoms with E-state index in [2.05, 4.69) is 5.16 Å². The molecule has 3 rings (SSSR count). The smallest absolute Gasteiger partial charge is 0.276 e. The first-order chi connectivity index (χ1) is 12.6. The summed E-state index contributed by atoms with van der Waals surface area (Å²) in [7, 11) is 1.66. The number of rotatable bonds is 6. The maximum Gasteiger partial charge on any atom is 0.276 e. The molecule has 6 nitrogen and oxygen atoms in total. The summed E-state index contributed by atoms with van der Waals surface area (Å²) in [6.07, 6.45) is 1.99. The second-order valence-electron chi connectivity index (χ2n) is 6.26. The molecule has 26 heavy (non-hydrogen) atoms. The summed E-state index contributed by atoms with van der Waals surface area (Å²) in [6, 6.07) is 5.41. The van der Waals surface area contributed by atoms with Crippen LogP contribution in [0.25, 0.3) is 0 Å². The zero-order valence-electron chi connectivity index (χ0n) is 14.4. The third kappa shape index (κ3) is 4.53. The Balaban J connectivity index is 1.59. The first-order valence-electron chi connectivity index (χ1n) is 8.38. The van der Waals surface area contributed by atoms with Gasteiger partial charge in [0.2, 0.25) is 0 Å².